The highest BCUT2D eigenvalue weighted by Gasteiger charge is 2.45. The maximum atomic E-state index is 13.2. The first-order chi connectivity index (χ1) is 41.5. The average molecular weight is 1260 g/mol. The van der Waals surface area contributed by atoms with Crippen LogP contribution in [0.25, 0.3) is 0 Å². The topological polar surface area (TPSA) is 330 Å². The number of imide groups is 2. The molecule has 1 saturated heterocycles. The van der Waals surface area contributed by atoms with Crippen molar-refractivity contribution in [2.75, 3.05) is 53.5 Å². The number of nitrogens with one attached hydrogen (secondary N) is 2. The van der Waals surface area contributed by atoms with Crippen LogP contribution >= 0.6 is 0 Å². The molecule has 3 fully saturated rings. The van der Waals surface area contributed by atoms with E-state index in [4.69, 9.17) is 19.7 Å². The summed E-state index contributed by atoms with van der Waals surface area (Å²) in [5.41, 5.74) is 1.90. The molecule has 0 unspecified atom stereocenters. The zero-order valence-corrected chi connectivity index (χ0v) is 54.3. The molecule has 3 aliphatic heterocycles. The summed E-state index contributed by atoms with van der Waals surface area (Å²) in [6.45, 7) is 19.6. The summed E-state index contributed by atoms with van der Waals surface area (Å²) in [4.78, 5) is 63.0. The van der Waals surface area contributed by atoms with Crippen LogP contribution in [0.5, 0.6) is 11.5 Å². The van der Waals surface area contributed by atoms with Gasteiger partial charge in [-0.3, -0.25) is 48.4 Å². The Morgan fingerprint density at radius 2 is 0.864 bits per heavy atom. The number of methoxy groups -OCH3 is 2. The first kappa shape index (κ1) is 71.8. The molecule has 22 nitrogen and oxygen atoms in total. The van der Waals surface area contributed by atoms with Crippen LogP contribution in [-0.4, -0.2) is 150 Å². The SMILES string of the molecule is C1C[NH2+]CC[NH2+]1.CC(C)O.CC(C)O.COc1ccc2c(c1)C(=O)N(CCc1ccc(S(=O)(=O)NC([O-])=NC3CCCCC3)cc1)C(=O)C2(C)C.COc1ccc2c(c1)C(=O)N(CCc1ccc(S(=O)(=O)NC([O-])=NC3CCCCC3)cc1)C(=O)C2(C)C. The normalized spacial score (nSPS) is 18.0. The number of piperazine rings is 1. The highest BCUT2D eigenvalue weighted by Crippen LogP contribution is 2.38. The molecule has 8 N–H and O–H groups in total. The summed E-state index contributed by atoms with van der Waals surface area (Å²) in [5.74, 6) is -0.290. The second kappa shape index (κ2) is 33.0. The van der Waals surface area contributed by atoms with Gasteiger partial charge in [-0.25, -0.2) is 16.8 Å². The molecule has 2 saturated carbocycles. The largest absolute Gasteiger partial charge is 0.846 e. The monoisotopic (exact) mass is 1260 g/mol. The third kappa shape index (κ3) is 20.6. The van der Waals surface area contributed by atoms with Gasteiger partial charge < -0.3 is 40.5 Å². The number of amidine groups is 2. The number of amides is 4. The van der Waals surface area contributed by atoms with E-state index >= 15 is 0 Å². The highest BCUT2D eigenvalue weighted by molar-refractivity contribution is 7.90. The molecule has 0 radical (unpaired) electrons. The van der Waals surface area contributed by atoms with Gasteiger partial charge in [-0.05, 0) is 165 Å². The van der Waals surface area contributed by atoms with Crippen molar-refractivity contribution in [2.45, 2.75) is 177 Å². The number of hydrogen-bond donors (Lipinski definition) is 6. The fourth-order valence-corrected chi connectivity index (χ4v) is 12.4. The first-order valence-corrected chi connectivity index (χ1v) is 33.3. The van der Waals surface area contributed by atoms with Gasteiger partial charge in [-0.15, -0.1) is 0 Å². The molecule has 0 bridgehead atoms. The van der Waals surface area contributed by atoms with Crippen molar-refractivity contribution in [1.29, 1.82) is 0 Å². The zero-order valence-electron chi connectivity index (χ0n) is 52.7. The van der Waals surface area contributed by atoms with Crippen LogP contribution in [0.15, 0.2) is 105 Å². The van der Waals surface area contributed by atoms with Crippen LogP contribution in [0, 0.1) is 0 Å². The van der Waals surface area contributed by atoms with Crippen molar-refractivity contribution in [3.05, 3.63) is 118 Å². The molecule has 2 aliphatic carbocycles. The number of aliphatic imine (C=N–C) groups is 2. The van der Waals surface area contributed by atoms with E-state index in [-0.39, 0.29) is 70.8 Å². The molecule has 5 aliphatic rings. The molecule has 3 heterocycles. The van der Waals surface area contributed by atoms with Crippen molar-refractivity contribution >= 4 is 55.7 Å². The standard InChI is InChI=1S/2C27H33N3O6S.C4H10N2.2C3H8O/c2*1-27(2)23-14-11-20(36-3)17-22(23)24(31)30(25(27)32)16-15-18-9-12-21(13-10-18)37(34,35)29-26(33)28-19-7-5-4-6-8-19;1-2-6-4-3-5-1;2*1-3(2)4/h2*9-14,17,19H,4-8,15-16H2,1-3H3,(H2,28,29,33);5-6H,1-4H2;2*3-4H,1-2H3. The summed E-state index contributed by atoms with van der Waals surface area (Å²) >= 11 is 0. The zero-order chi connectivity index (χ0) is 65.0. The molecular formula is C64H92N8O14S2. The molecule has 88 heavy (non-hydrogen) atoms. The van der Waals surface area contributed by atoms with Crippen molar-refractivity contribution in [1.82, 2.24) is 19.2 Å². The van der Waals surface area contributed by atoms with Crippen LogP contribution in [0.3, 0.4) is 0 Å². The van der Waals surface area contributed by atoms with Gasteiger partial charge in [-0.1, -0.05) is 74.9 Å². The lowest BCUT2D eigenvalue weighted by atomic mass is 9.77. The number of sulfonamides is 2. The van der Waals surface area contributed by atoms with Crippen LogP contribution in [0.1, 0.15) is 163 Å². The Bertz CT molecular complexity index is 3040. The Hall–Kier alpha value is -6.96. The third-order valence-corrected chi connectivity index (χ3v) is 18.0. The summed E-state index contributed by atoms with van der Waals surface area (Å²) in [6, 6.07) is 20.3. The van der Waals surface area contributed by atoms with E-state index in [2.05, 4.69) is 20.6 Å². The van der Waals surface area contributed by atoms with E-state index in [0.717, 1.165) is 75.3 Å². The maximum Gasteiger partial charge on any atom is 0.262 e. The van der Waals surface area contributed by atoms with Crippen LogP contribution in [-0.2, 0) is 53.3 Å². The fourth-order valence-electron chi connectivity index (χ4n) is 10.6. The first-order valence-electron chi connectivity index (χ1n) is 30.3. The quantitative estimate of drug-likeness (QED) is 0.0601. The number of benzene rings is 4. The van der Waals surface area contributed by atoms with E-state index in [1.54, 1.807) is 116 Å². The summed E-state index contributed by atoms with van der Waals surface area (Å²) < 4.78 is 65.1. The number of carbonyl (C=O) groups is 4. The molecular weight excluding hydrogens is 1170 g/mol. The van der Waals surface area contributed by atoms with Gasteiger partial charge in [0.1, 0.15) is 37.7 Å². The van der Waals surface area contributed by atoms with Gasteiger partial charge in [0, 0.05) is 36.4 Å². The molecule has 9 rings (SSSR count). The highest BCUT2D eigenvalue weighted by atomic mass is 32.2. The number of carbonyl (C=O) groups excluding carboxylic acids is 4. The Labute approximate surface area is 519 Å². The summed E-state index contributed by atoms with van der Waals surface area (Å²) in [5, 5.41) is 45.1. The predicted octanol–water partition coefficient (Wildman–Crippen LogP) is 2.95. The second-order valence-corrected chi connectivity index (χ2v) is 27.3. The fraction of sp³-hybridized carbons (Fsp3) is 0.531. The smallest absolute Gasteiger partial charge is 0.262 e. The molecule has 4 aromatic rings. The minimum Gasteiger partial charge on any atom is -0.846 e. The lowest BCUT2D eigenvalue weighted by molar-refractivity contribution is -0.787. The van der Waals surface area contributed by atoms with Crippen molar-refractivity contribution in [3.8, 4) is 11.5 Å². The number of hydrogen-bond acceptors (Lipinski definition) is 16. The Morgan fingerprint density at radius 3 is 1.15 bits per heavy atom. The second-order valence-electron chi connectivity index (χ2n) is 24.0. The van der Waals surface area contributed by atoms with Gasteiger partial charge in [0.25, 0.3) is 31.9 Å². The van der Waals surface area contributed by atoms with Crippen LogP contribution in [0.2, 0.25) is 0 Å². The third-order valence-electron chi connectivity index (χ3n) is 15.4. The summed E-state index contributed by atoms with van der Waals surface area (Å²) in [6.07, 6.45) is 9.70. The minimum absolute atomic E-state index is 0.0595. The molecule has 0 spiro atoms. The molecule has 484 valence electrons. The van der Waals surface area contributed by atoms with Crippen LogP contribution < -0.4 is 39.8 Å². The van der Waals surface area contributed by atoms with Gasteiger partial charge in [0.05, 0.1) is 59.0 Å². The van der Waals surface area contributed by atoms with Crippen molar-refractivity contribution < 1.29 is 76.5 Å². The number of quaternary nitrogens is 2. The lowest BCUT2D eigenvalue weighted by Crippen LogP contribution is -3.04. The number of nitrogens with zero attached hydrogens (tertiary/aromatic N) is 4. The van der Waals surface area contributed by atoms with Gasteiger partial charge in [0.15, 0.2) is 0 Å². The Balaban J connectivity index is 0.000000263. The lowest BCUT2D eigenvalue weighted by Gasteiger charge is -2.37. The molecule has 0 aromatic heterocycles. The van der Waals surface area contributed by atoms with E-state index in [0.29, 0.717) is 46.6 Å². The van der Waals surface area contributed by atoms with E-state index in [9.17, 15) is 46.2 Å². The van der Waals surface area contributed by atoms with E-state index in [1.165, 1.54) is 74.5 Å². The molecule has 0 atom stereocenters. The van der Waals surface area contributed by atoms with Gasteiger partial charge in [-0.2, -0.15) is 0 Å². The summed E-state index contributed by atoms with van der Waals surface area (Å²) in [7, 11) is -5.08. The number of fused-ring (bicyclic) bond motifs is 2. The van der Waals surface area contributed by atoms with Crippen molar-refractivity contribution in [3.63, 3.8) is 0 Å². The van der Waals surface area contributed by atoms with Crippen molar-refractivity contribution in [2.24, 2.45) is 9.98 Å². The molecule has 24 heteroatoms. The number of nitrogens with two attached hydrogens (primary N) is 2. The average Bonchev–Trinajstić information content (AvgIpc) is 0.784. The van der Waals surface area contributed by atoms with E-state index in [1.807, 2.05) is 9.44 Å². The molecule has 4 amide bonds. The number of aliphatic hydroxyl groups excluding tert-OH is 2. The van der Waals surface area contributed by atoms with Crippen LogP contribution in [0.4, 0.5) is 0 Å². The number of ether oxygens (including phenoxy) is 2. The Morgan fingerprint density at radius 1 is 0.557 bits per heavy atom. The number of rotatable bonds is 14. The molecule has 4 aromatic carbocycles. The van der Waals surface area contributed by atoms with E-state index < -0.39 is 42.9 Å². The maximum absolute atomic E-state index is 13.2. The van der Waals surface area contributed by atoms with Gasteiger partial charge >= 0.3 is 0 Å². The predicted molar refractivity (Wildman–Crippen MR) is 332 cm³/mol. The van der Waals surface area contributed by atoms with Gasteiger partial charge in [0.2, 0.25) is 11.8 Å². The minimum atomic E-state index is -4.06. The number of aliphatic hydroxyl groups is 2. The Kier molecular flexibility index (Phi) is 26.9.